The Hall–Kier alpha value is -2.56. The van der Waals surface area contributed by atoms with E-state index in [9.17, 15) is 4.79 Å². The number of amides is 1. The van der Waals surface area contributed by atoms with Crippen LogP contribution in [0.4, 0.5) is 4.79 Å². The van der Waals surface area contributed by atoms with Crippen molar-refractivity contribution in [1.29, 1.82) is 0 Å². The summed E-state index contributed by atoms with van der Waals surface area (Å²) in [5, 5.41) is 5.63. The largest absolute Gasteiger partial charge is 0.444 e. The number of carbonyl (C=O) groups is 1. The van der Waals surface area contributed by atoms with E-state index in [1.54, 1.807) is 7.11 Å². The molecular weight excluding hydrogens is 454 g/mol. The monoisotopic (exact) mass is 495 g/mol. The maximum Gasteiger partial charge on any atom is 0.410 e. The van der Waals surface area contributed by atoms with Gasteiger partial charge < -0.3 is 23.8 Å². The molecule has 2 fully saturated rings. The number of methoxy groups -OCH3 is 1. The molecule has 1 saturated heterocycles. The van der Waals surface area contributed by atoms with Gasteiger partial charge in [0.05, 0.1) is 11.1 Å². The van der Waals surface area contributed by atoms with Gasteiger partial charge >= 0.3 is 6.09 Å². The summed E-state index contributed by atoms with van der Waals surface area (Å²) in [6, 6.07) is 4.43. The Balaban J connectivity index is 1.45. The van der Waals surface area contributed by atoms with E-state index in [-0.39, 0.29) is 11.5 Å². The van der Waals surface area contributed by atoms with Crippen molar-refractivity contribution in [1.82, 2.24) is 15.0 Å². The minimum Gasteiger partial charge on any atom is -0.444 e. The van der Waals surface area contributed by atoms with Crippen LogP contribution >= 0.6 is 0 Å². The zero-order chi connectivity index (χ0) is 25.9. The van der Waals surface area contributed by atoms with E-state index in [0.29, 0.717) is 12.5 Å². The summed E-state index contributed by atoms with van der Waals surface area (Å²) in [6.07, 6.45) is 5.84. The Kier molecular flexibility index (Phi) is 7.96. The number of aryl methyl sites for hydroxylation is 1. The Labute approximate surface area is 215 Å². The second-order valence-corrected chi connectivity index (χ2v) is 11.6. The third kappa shape index (κ3) is 6.22. The van der Waals surface area contributed by atoms with Crippen molar-refractivity contribution >= 4 is 17.1 Å². The van der Waals surface area contributed by atoms with Crippen molar-refractivity contribution in [3.8, 4) is 11.8 Å². The molecule has 7 nitrogen and oxygen atoms in total. The van der Waals surface area contributed by atoms with Gasteiger partial charge in [-0.3, -0.25) is 0 Å². The van der Waals surface area contributed by atoms with Crippen LogP contribution in [0.1, 0.15) is 69.7 Å². The summed E-state index contributed by atoms with van der Waals surface area (Å²) in [7, 11) is 5.84. The highest BCUT2D eigenvalue weighted by atomic mass is 16.6. The second-order valence-electron chi connectivity index (χ2n) is 11.6. The highest BCUT2D eigenvalue weighted by molar-refractivity contribution is 5.84. The fourth-order valence-corrected chi connectivity index (χ4v) is 5.15. The molecule has 1 saturated carbocycles. The molecule has 1 amide bonds. The molecule has 7 heteroatoms. The Morgan fingerprint density at radius 3 is 2.58 bits per heavy atom. The van der Waals surface area contributed by atoms with Gasteiger partial charge in [0, 0.05) is 37.7 Å². The molecule has 0 N–H and O–H groups in total. The van der Waals surface area contributed by atoms with Crippen LogP contribution < -0.4 is 0 Å². The normalized spacial score (nSPS) is 17.8. The molecule has 2 heterocycles. The minimum absolute atomic E-state index is 0.0902. The average molecular weight is 496 g/mol. The van der Waals surface area contributed by atoms with Crippen molar-refractivity contribution in [2.45, 2.75) is 76.9 Å². The molecular formula is C29H41N3O4. The first kappa shape index (κ1) is 26.5. The second kappa shape index (κ2) is 10.8. The first-order valence-corrected chi connectivity index (χ1v) is 13.1. The first-order valence-electron chi connectivity index (χ1n) is 13.1. The third-order valence-electron chi connectivity index (χ3n) is 7.16. The van der Waals surface area contributed by atoms with Crippen LogP contribution in [0.3, 0.4) is 0 Å². The van der Waals surface area contributed by atoms with Crippen molar-refractivity contribution in [2.75, 3.05) is 40.9 Å². The number of piperidine rings is 1. The topological polar surface area (TPSA) is 68.0 Å². The molecule has 196 valence electrons. The predicted octanol–water partition coefficient (Wildman–Crippen LogP) is 5.15. The Morgan fingerprint density at radius 2 is 1.97 bits per heavy atom. The number of fused-ring (bicyclic) bond motifs is 1. The number of hydrogen-bond acceptors (Lipinski definition) is 6. The smallest absolute Gasteiger partial charge is 0.410 e. The van der Waals surface area contributed by atoms with Gasteiger partial charge in [-0.25, -0.2) is 4.79 Å². The molecule has 0 unspecified atom stereocenters. The minimum atomic E-state index is -0.455. The summed E-state index contributed by atoms with van der Waals surface area (Å²) in [4.78, 5) is 16.4. The zero-order valence-electron chi connectivity index (χ0n) is 22.8. The van der Waals surface area contributed by atoms with E-state index in [2.05, 4.69) is 48.1 Å². The van der Waals surface area contributed by atoms with Crippen LogP contribution in [-0.4, -0.2) is 67.6 Å². The molecule has 0 spiro atoms. The molecule has 0 bridgehead atoms. The molecule has 1 aromatic heterocycles. The number of aromatic nitrogens is 1. The summed E-state index contributed by atoms with van der Waals surface area (Å²) < 4.78 is 16.7. The van der Waals surface area contributed by atoms with Gasteiger partial charge in [0.1, 0.15) is 12.2 Å². The summed E-state index contributed by atoms with van der Waals surface area (Å²) >= 11 is 0. The summed E-state index contributed by atoms with van der Waals surface area (Å²) in [6.45, 7) is 8.47. The highest BCUT2D eigenvalue weighted by Crippen LogP contribution is 2.50. The maximum atomic E-state index is 12.4. The van der Waals surface area contributed by atoms with Gasteiger partial charge in [-0.05, 0) is 90.9 Å². The molecule has 0 atom stereocenters. The van der Waals surface area contributed by atoms with Gasteiger partial charge in [-0.15, -0.1) is 0 Å². The van der Waals surface area contributed by atoms with Crippen LogP contribution in [-0.2, 0) is 27.9 Å². The van der Waals surface area contributed by atoms with Crippen LogP contribution in [0.2, 0.25) is 0 Å². The lowest BCUT2D eigenvalue weighted by Gasteiger charge is -2.33. The van der Waals surface area contributed by atoms with Crippen LogP contribution in [0.15, 0.2) is 16.7 Å². The molecule has 4 rings (SSSR count). The zero-order valence-corrected chi connectivity index (χ0v) is 22.8. The highest BCUT2D eigenvalue weighted by Gasteiger charge is 2.45. The predicted molar refractivity (Wildman–Crippen MR) is 141 cm³/mol. The lowest BCUT2D eigenvalue weighted by atomic mass is 9.88. The molecule has 2 aliphatic rings. The lowest BCUT2D eigenvalue weighted by Crippen LogP contribution is -2.41. The van der Waals surface area contributed by atoms with E-state index in [4.69, 9.17) is 14.0 Å². The van der Waals surface area contributed by atoms with Crippen molar-refractivity contribution < 1.29 is 18.8 Å². The molecule has 1 aliphatic heterocycles. The Morgan fingerprint density at radius 1 is 1.25 bits per heavy atom. The number of nitrogens with zero attached hydrogens (tertiary/aromatic N) is 3. The standard InChI is InChI=1S/C29H41N3O4/c1-28(2,3)35-27(33)32-17-12-21(13-18-32)8-11-25-22-9-10-24(29(15-16-29)14-7-19-34-6)23(20-31(4)5)26(22)36-30-25/h9-10,21H,8,11-13,15-20H2,1-6H3. The van der Waals surface area contributed by atoms with Crippen molar-refractivity contribution in [3.63, 3.8) is 0 Å². The molecule has 2 aromatic rings. The number of ether oxygens (including phenoxy) is 2. The SMILES string of the molecule is COCC#CC1(c2ccc3c(CCC4CCN(C(=O)OC(C)(C)C)CC4)noc3c2CN(C)C)CC1. The van der Waals surface area contributed by atoms with Gasteiger partial charge in [0.25, 0.3) is 0 Å². The number of likely N-dealkylation sites (tertiary alicyclic amines) is 1. The maximum absolute atomic E-state index is 12.4. The van der Waals surface area contributed by atoms with Crippen LogP contribution in [0, 0.1) is 17.8 Å². The van der Waals surface area contributed by atoms with Gasteiger partial charge in [-0.2, -0.15) is 0 Å². The van der Waals surface area contributed by atoms with Gasteiger partial charge in [0.15, 0.2) is 5.58 Å². The van der Waals surface area contributed by atoms with E-state index in [1.165, 1.54) is 11.1 Å². The Bertz CT molecular complexity index is 1120. The summed E-state index contributed by atoms with van der Waals surface area (Å²) in [5.74, 6) is 7.23. The van der Waals surface area contributed by atoms with Crippen molar-refractivity contribution in [3.05, 3.63) is 29.0 Å². The summed E-state index contributed by atoms with van der Waals surface area (Å²) in [5.41, 5.74) is 3.85. The molecule has 36 heavy (non-hydrogen) atoms. The number of rotatable bonds is 7. The molecule has 1 aromatic carbocycles. The molecule has 1 aliphatic carbocycles. The quantitative estimate of drug-likeness (QED) is 0.495. The fourth-order valence-electron chi connectivity index (χ4n) is 5.15. The van der Waals surface area contributed by atoms with Crippen molar-refractivity contribution in [2.24, 2.45) is 5.92 Å². The van der Waals surface area contributed by atoms with E-state index < -0.39 is 5.60 Å². The lowest BCUT2D eigenvalue weighted by molar-refractivity contribution is 0.0181. The third-order valence-corrected chi connectivity index (χ3v) is 7.16. The fraction of sp³-hybridized carbons (Fsp3) is 0.655. The number of benzene rings is 1. The average Bonchev–Trinajstić information content (AvgIpc) is 3.48. The number of carbonyl (C=O) groups excluding carboxylic acids is 1. The first-order chi connectivity index (χ1) is 17.1. The van der Waals surface area contributed by atoms with Gasteiger partial charge in [0.2, 0.25) is 0 Å². The van der Waals surface area contributed by atoms with E-state index >= 15 is 0 Å². The molecule has 0 radical (unpaired) electrons. The van der Waals surface area contributed by atoms with E-state index in [0.717, 1.165) is 74.8 Å². The van der Waals surface area contributed by atoms with Gasteiger partial charge in [-0.1, -0.05) is 23.1 Å². The van der Waals surface area contributed by atoms with Crippen LogP contribution in [0.25, 0.3) is 11.0 Å². The van der Waals surface area contributed by atoms with Crippen LogP contribution in [0.5, 0.6) is 0 Å². The number of hydrogen-bond donors (Lipinski definition) is 0. The van der Waals surface area contributed by atoms with E-state index in [1.807, 2.05) is 25.7 Å².